The molecule has 1 amide bonds. The predicted molar refractivity (Wildman–Crippen MR) is 108 cm³/mol. The number of benzene rings is 2. The number of carbonyl (C=O) groups is 2. The molecular formula is C23H23NO4. The lowest BCUT2D eigenvalue weighted by molar-refractivity contribution is 0.0503. The molecule has 4 rings (SSSR count). The summed E-state index contributed by atoms with van der Waals surface area (Å²) in [6.07, 6.45) is 1.05. The number of ketones is 1. The first-order valence-corrected chi connectivity index (χ1v) is 9.47. The number of furan rings is 1. The van der Waals surface area contributed by atoms with Crippen molar-refractivity contribution >= 4 is 28.3 Å². The molecule has 0 unspecified atom stereocenters. The van der Waals surface area contributed by atoms with Crippen LogP contribution < -0.4 is 10.1 Å². The Kier molecular flexibility index (Phi) is 4.26. The van der Waals surface area contributed by atoms with Gasteiger partial charge in [-0.2, -0.15) is 0 Å². The van der Waals surface area contributed by atoms with E-state index in [-0.39, 0.29) is 17.5 Å². The van der Waals surface area contributed by atoms with Crippen molar-refractivity contribution in [3.05, 3.63) is 58.8 Å². The fraction of sp³-hybridized carbons (Fsp3) is 0.304. The van der Waals surface area contributed by atoms with Gasteiger partial charge < -0.3 is 14.5 Å². The highest BCUT2D eigenvalue weighted by molar-refractivity contribution is 6.14. The zero-order valence-electron chi connectivity index (χ0n) is 16.5. The number of fused-ring (bicyclic) bond motifs is 3. The highest BCUT2D eigenvalue weighted by Gasteiger charge is 2.37. The lowest BCUT2D eigenvalue weighted by Gasteiger charge is -2.34. The van der Waals surface area contributed by atoms with E-state index in [1.807, 2.05) is 45.0 Å². The zero-order valence-corrected chi connectivity index (χ0v) is 16.5. The van der Waals surface area contributed by atoms with Crippen LogP contribution in [0.1, 0.15) is 58.7 Å². The van der Waals surface area contributed by atoms with Crippen molar-refractivity contribution < 1.29 is 18.7 Å². The number of hydrogen-bond acceptors (Lipinski definition) is 4. The van der Waals surface area contributed by atoms with E-state index in [0.29, 0.717) is 40.0 Å². The molecule has 0 bridgehead atoms. The van der Waals surface area contributed by atoms with Gasteiger partial charge in [-0.25, -0.2) is 0 Å². The summed E-state index contributed by atoms with van der Waals surface area (Å²) >= 11 is 0. The Morgan fingerprint density at radius 3 is 2.54 bits per heavy atom. The number of nitrogens with one attached hydrogen (secondary N) is 1. The van der Waals surface area contributed by atoms with Crippen molar-refractivity contribution in [3.63, 3.8) is 0 Å². The van der Waals surface area contributed by atoms with E-state index in [9.17, 15) is 9.59 Å². The minimum absolute atomic E-state index is 0.0191. The monoisotopic (exact) mass is 377 g/mol. The van der Waals surface area contributed by atoms with Crippen LogP contribution >= 0.6 is 0 Å². The first-order chi connectivity index (χ1) is 13.3. The number of anilines is 1. The van der Waals surface area contributed by atoms with Gasteiger partial charge in [0.05, 0.1) is 12.0 Å². The summed E-state index contributed by atoms with van der Waals surface area (Å²) in [5, 5.41) is 3.51. The van der Waals surface area contributed by atoms with Crippen LogP contribution in [0.5, 0.6) is 5.75 Å². The van der Waals surface area contributed by atoms with Gasteiger partial charge in [-0.05, 0) is 51.5 Å². The van der Waals surface area contributed by atoms with E-state index in [1.54, 1.807) is 19.1 Å². The van der Waals surface area contributed by atoms with Gasteiger partial charge in [0.1, 0.15) is 16.9 Å². The molecule has 1 aliphatic heterocycles. The Labute approximate surface area is 163 Å². The number of ether oxygens (including phenoxy) is 1. The first kappa shape index (κ1) is 18.3. The van der Waals surface area contributed by atoms with Crippen molar-refractivity contribution in [1.29, 1.82) is 0 Å². The fourth-order valence-electron chi connectivity index (χ4n) is 3.65. The average Bonchev–Trinajstić information content (AvgIpc) is 3.00. The Morgan fingerprint density at radius 1 is 1.14 bits per heavy atom. The summed E-state index contributed by atoms with van der Waals surface area (Å²) in [5.41, 5.74) is 2.98. The van der Waals surface area contributed by atoms with E-state index >= 15 is 0 Å². The molecule has 1 aromatic heterocycles. The van der Waals surface area contributed by atoms with Crippen molar-refractivity contribution in [1.82, 2.24) is 0 Å². The first-order valence-electron chi connectivity index (χ1n) is 9.47. The van der Waals surface area contributed by atoms with Gasteiger partial charge in [-0.1, -0.05) is 24.6 Å². The lowest BCUT2D eigenvalue weighted by atomic mass is 9.87. The summed E-state index contributed by atoms with van der Waals surface area (Å²) < 4.78 is 11.9. The zero-order chi connectivity index (χ0) is 20.1. The van der Waals surface area contributed by atoms with Crippen molar-refractivity contribution in [3.8, 4) is 5.75 Å². The average molecular weight is 377 g/mol. The molecule has 1 N–H and O–H groups in total. The normalized spacial score (nSPS) is 18.6. The number of Topliss-reactive ketones (excluding diaryl/α,β-unsaturated/α-hetero) is 1. The van der Waals surface area contributed by atoms with E-state index < -0.39 is 5.60 Å². The molecule has 5 nitrogen and oxygen atoms in total. The highest BCUT2D eigenvalue weighted by Crippen LogP contribution is 2.41. The summed E-state index contributed by atoms with van der Waals surface area (Å²) in [5.74, 6) is 0.447. The number of carbonyl (C=O) groups excluding carboxylic acids is 2. The molecule has 0 aliphatic carbocycles. The van der Waals surface area contributed by atoms with Crippen molar-refractivity contribution in [2.45, 2.75) is 46.1 Å². The van der Waals surface area contributed by atoms with Crippen LogP contribution in [-0.4, -0.2) is 17.3 Å². The minimum atomic E-state index is -0.499. The molecule has 1 atom stereocenters. The third kappa shape index (κ3) is 2.97. The van der Waals surface area contributed by atoms with Crippen molar-refractivity contribution in [2.75, 3.05) is 5.32 Å². The maximum Gasteiger partial charge on any atom is 0.291 e. The molecule has 144 valence electrons. The molecule has 5 heteroatoms. The Hall–Kier alpha value is -3.08. The van der Waals surface area contributed by atoms with Crippen LogP contribution in [0, 0.1) is 13.8 Å². The Bertz CT molecular complexity index is 1090. The third-order valence-corrected chi connectivity index (χ3v) is 5.49. The van der Waals surface area contributed by atoms with Gasteiger partial charge >= 0.3 is 0 Å². The Morgan fingerprint density at radius 2 is 1.86 bits per heavy atom. The molecule has 2 aromatic carbocycles. The van der Waals surface area contributed by atoms with Gasteiger partial charge in [-0.3, -0.25) is 9.59 Å². The smallest absolute Gasteiger partial charge is 0.291 e. The second kappa shape index (κ2) is 6.51. The molecule has 0 saturated heterocycles. The summed E-state index contributed by atoms with van der Waals surface area (Å²) in [4.78, 5) is 25.7. The number of rotatable bonds is 3. The standard InChI is InChI=1S/C23H23NO4/c1-5-23(4)12-16(25)20-18(28-23)11-10-17-19(20)14(3)21(27-17)22(26)24-15-8-6-13(2)7-9-15/h6-11H,5,12H2,1-4H3,(H,24,26)/t23-/m1/s1. The lowest BCUT2D eigenvalue weighted by Crippen LogP contribution is -2.38. The van der Waals surface area contributed by atoms with Crippen molar-refractivity contribution in [2.24, 2.45) is 0 Å². The predicted octanol–water partition coefficient (Wildman–Crippen LogP) is 5.44. The highest BCUT2D eigenvalue weighted by atomic mass is 16.5. The maximum absolute atomic E-state index is 12.9. The van der Waals surface area contributed by atoms with Crippen LogP contribution in [0.4, 0.5) is 5.69 Å². The topological polar surface area (TPSA) is 68.5 Å². The van der Waals surface area contributed by atoms with Crippen LogP contribution in [0.2, 0.25) is 0 Å². The van der Waals surface area contributed by atoms with E-state index in [2.05, 4.69) is 5.32 Å². The third-order valence-electron chi connectivity index (χ3n) is 5.49. The van der Waals surface area contributed by atoms with Gasteiger partial charge in [-0.15, -0.1) is 0 Å². The van der Waals surface area contributed by atoms with Crippen LogP contribution in [0.25, 0.3) is 11.0 Å². The van der Waals surface area contributed by atoms with Crippen LogP contribution in [0.15, 0.2) is 40.8 Å². The molecule has 28 heavy (non-hydrogen) atoms. The second-order valence-electron chi connectivity index (χ2n) is 7.69. The summed E-state index contributed by atoms with van der Waals surface area (Å²) in [7, 11) is 0. The Balaban J connectivity index is 1.75. The fourth-order valence-corrected chi connectivity index (χ4v) is 3.65. The molecule has 3 aromatic rings. The quantitative estimate of drug-likeness (QED) is 0.660. The molecule has 0 saturated carbocycles. The molecule has 2 heterocycles. The van der Waals surface area contributed by atoms with Crippen LogP contribution in [-0.2, 0) is 0 Å². The van der Waals surface area contributed by atoms with E-state index in [1.165, 1.54) is 0 Å². The SMILES string of the molecule is CC[C@]1(C)CC(=O)c2c(ccc3oc(C(=O)Nc4ccc(C)cc4)c(C)c23)O1. The minimum Gasteiger partial charge on any atom is -0.486 e. The number of hydrogen-bond donors (Lipinski definition) is 1. The van der Waals surface area contributed by atoms with Gasteiger partial charge in [0, 0.05) is 16.6 Å². The maximum atomic E-state index is 12.9. The van der Waals surface area contributed by atoms with E-state index in [4.69, 9.17) is 9.15 Å². The second-order valence-corrected chi connectivity index (χ2v) is 7.69. The molecule has 1 aliphatic rings. The molecule has 0 spiro atoms. The van der Waals surface area contributed by atoms with E-state index in [0.717, 1.165) is 12.0 Å². The summed E-state index contributed by atoms with van der Waals surface area (Å²) in [6, 6.07) is 11.1. The molecule has 0 radical (unpaired) electrons. The number of amides is 1. The number of aryl methyl sites for hydroxylation is 2. The van der Waals surface area contributed by atoms with Gasteiger partial charge in [0.15, 0.2) is 11.5 Å². The van der Waals surface area contributed by atoms with Gasteiger partial charge in [0.25, 0.3) is 5.91 Å². The molecule has 0 fully saturated rings. The van der Waals surface area contributed by atoms with Gasteiger partial charge in [0.2, 0.25) is 0 Å². The van der Waals surface area contributed by atoms with Crippen LogP contribution in [0.3, 0.4) is 0 Å². The molecular weight excluding hydrogens is 354 g/mol. The largest absolute Gasteiger partial charge is 0.486 e. The summed E-state index contributed by atoms with van der Waals surface area (Å²) in [6.45, 7) is 7.74.